The monoisotopic (exact) mass is 273 g/mol. The Balaban J connectivity index is 3.68. The average Bonchev–Trinajstić information content (AvgIpc) is 2.29. The van der Waals surface area contributed by atoms with E-state index in [0.29, 0.717) is 0 Å². The van der Waals surface area contributed by atoms with Crippen LogP contribution < -0.4 is 0 Å². The van der Waals surface area contributed by atoms with Crippen LogP contribution in [0.25, 0.3) is 10.4 Å². The summed E-state index contributed by atoms with van der Waals surface area (Å²) < 4.78 is 39.3. The van der Waals surface area contributed by atoms with E-state index in [9.17, 15) is 17.1 Å². The van der Waals surface area contributed by atoms with Gasteiger partial charge in [-0.15, -0.1) is 3.89 Å². The Morgan fingerprint density at radius 2 is 2.11 bits per heavy atom. The van der Waals surface area contributed by atoms with Gasteiger partial charge in [0.15, 0.2) is 0 Å². The lowest BCUT2D eigenvalue weighted by molar-refractivity contribution is 0.0599. The molecule has 0 aliphatic rings. The van der Waals surface area contributed by atoms with E-state index in [2.05, 4.69) is 14.8 Å². The van der Waals surface area contributed by atoms with E-state index < -0.39 is 21.1 Å². The fourth-order valence-corrected chi connectivity index (χ4v) is 2.09. The molecule has 96 valence electrons. The van der Waals surface area contributed by atoms with E-state index in [4.69, 9.17) is 5.53 Å². The van der Waals surface area contributed by atoms with Crippen molar-refractivity contribution < 1.29 is 21.8 Å². The van der Waals surface area contributed by atoms with Gasteiger partial charge in [-0.3, -0.25) is 0 Å². The molecule has 0 N–H and O–H groups in total. The molecule has 18 heavy (non-hydrogen) atoms. The van der Waals surface area contributed by atoms with E-state index in [1.54, 1.807) is 0 Å². The highest BCUT2D eigenvalue weighted by Crippen LogP contribution is 2.28. The molecule has 0 heterocycles. The number of ether oxygens (including phenoxy) is 1. The number of esters is 1. The third-order valence-corrected chi connectivity index (χ3v) is 3.12. The zero-order valence-corrected chi connectivity index (χ0v) is 10.2. The number of halogens is 1. The maximum Gasteiger partial charge on any atom is 0.338 e. The Hall–Kier alpha value is -2.12. The highest BCUT2D eigenvalue weighted by atomic mass is 32.3. The zero-order chi connectivity index (χ0) is 13.9. The summed E-state index contributed by atoms with van der Waals surface area (Å²) in [5.41, 5.74) is 7.78. The van der Waals surface area contributed by atoms with Gasteiger partial charge in [0.2, 0.25) is 0 Å². The lowest BCUT2D eigenvalue weighted by atomic mass is 10.1. The molecule has 0 saturated carbocycles. The standard InChI is InChI=1S/C9H8FN3O4S/c1-5-7(9(14)17-2)3-6(12-13-11)4-8(5)18(10,15)16/h3-4H,1-2H3. The van der Waals surface area contributed by atoms with Gasteiger partial charge in [0, 0.05) is 10.6 Å². The molecule has 1 rings (SSSR count). The molecule has 0 spiro atoms. The normalized spacial score (nSPS) is 10.6. The Kier molecular flexibility index (Phi) is 3.89. The summed E-state index contributed by atoms with van der Waals surface area (Å²) in [6.07, 6.45) is 0. The number of carbonyl (C=O) groups excluding carboxylic acids is 1. The second-order valence-electron chi connectivity index (χ2n) is 3.24. The Labute approximate surface area is 102 Å². The molecule has 1 aromatic carbocycles. The number of hydrogen-bond donors (Lipinski definition) is 0. The average molecular weight is 273 g/mol. The molecule has 7 nitrogen and oxygen atoms in total. The highest BCUT2D eigenvalue weighted by molar-refractivity contribution is 7.86. The summed E-state index contributed by atoms with van der Waals surface area (Å²) in [7, 11) is -3.94. The Morgan fingerprint density at radius 1 is 1.50 bits per heavy atom. The van der Waals surface area contributed by atoms with Gasteiger partial charge < -0.3 is 4.74 Å². The van der Waals surface area contributed by atoms with Gasteiger partial charge >= 0.3 is 16.2 Å². The van der Waals surface area contributed by atoms with Crippen molar-refractivity contribution in [1.29, 1.82) is 0 Å². The molecule has 0 fully saturated rings. The van der Waals surface area contributed by atoms with Crippen LogP contribution in [0.1, 0.15) is 15.9 Å². The first-order valence-corrected chi connectivity index (χ1v) is 5.92. The lowest BCUT2D eigenvalue weighted by Crippen LogP contribution is -2.07. The molecule has 0 amide bonds. The van der Waals surface area contributed by atoms with Crippen molar-refractivity contribution in [2.24, 2.45) is 5.11 Å². The Morgan fingerprint density at radius 3 is 2.56 bits per heavy atom. The van der Waals surface area contributed by atoms with Gasteiger partial charge in [0.1, 0.15) is 4.90 Å². The van der Waals surface area contributed by atoms with Crippen LogP contribution in [0.3, 0.4) is 0 Å². The summed E-state index contributed by atoms with van der Waals surface area (Å²) in [5, 5.41) is 3.14. The molecule has 0 aromatic heterocycles. The molecule has 0 unspecified atom stereocenters. The predicted octanol–water partition coefficient (Wildman–Crippen LogP) is 2.38. The molecule has 0 aliphatic heterocycles. The van der Waals surface area contributed by atoms with Crippen molar-refractivity contribution in [2.45, 2.75) is 11.8 Å². The van der Waals surface area contributed by atoms with Crippen LogP contribution in [0.15, 0.2) is 22.1 Å². The van der Waals surface area contributed by atoms with Crippen molar-refractivity contribution in [3.8, 4) is 0 Å². The van der Waals surface area contributed by atoms with Crippen molar-refractivity contribution in [1.82, 2.24) is 0 Å². The second kappa shape index (κ2) is 5.03. The number of methoxy groups -OCH3 is 1. The quantitative estimate of drug-likeness (QED) is 0.277. The smallest absolute Gasteiger partial charge is 0.338 e. The SMILES string of the molecule is COC(=O)c1cc(N=[N+]=[N-])cc(S(=O)(=O)F)c1C. The Bertz CT molecular complexity index is 650. The minimum atomic E-state index is -5.03. The van der Waals surface area contributed by atoms with E-state index >= 15 is 0 Å². The van der Waals surface area contributed by atoms with Gasteiger partial charge in [-0.25, -0.2) is 4.79 Å². The number of hydrogen-bond acceptors (Lipinski definition) is 5. The number of nitrogens with zero attached hydrogens (tertiary/aromatic N) is 3. The first-order valence-electron chi connectivity index (χ1n) is 4.54. The molecule has 0 aliphatic carbocycles. The van der Waals surface area contributed by atoms with Crippen LogP contribution in [0, 0.1) is 6.92 Å². The fraction of sp³-hybridized carbons (Fsp3) is 0.222. The molecule has 0 atom stereocenters. The van der Waals surface area contributed by atoms with E-state index in [0.717, 1.165) is 19.2 Å². The fourth-order valence-electron chi connectivity index (χ4n) is 1.36. The van der Waals surface area contributed by atoms with Crippen LogP contribution in [0.2, 0.25) is 0 Å². The minimum Gasteiger partial charge on any atom is -0.465 e. The van der Waals surface area contributed by atoms with Gasteiger partial charge in [0.05, 0.1) is 12.7 Å². The van der Waals surface area contributed by atoms with Crippen LogP contribution in [0.5, 0.6) is 0 Å². The van der Waals surface area contributed by atoms with Crippen molar-refractivity contribution in [2.75, 3.05) is 7.11 Å². The molecule has 0 saturated heterocycles. The van der Waals surface area contributed by atoms with Gasteiger partial charge in [-0.05, 0) is 30.2 Å². The summed E-state index contributed by atoms with van der Waals surface area (Å²) in [6.45, 7) is 1.25. The largest absolute Gasteiger partial charge is 0.465 e. The number of carbonyl (C=O) groups is 1. The van der Waals surface area contributed by atoms with E-state index in [1.807, 2.05) is 0 Å². The number of rotatable bonds is 3. The molecule has 9 heteroatoms. The molecule has 1 aromatic rings. The molecule has 0 bridgehead atoms. The van der Waals surface area contributed by atoms with Crippen LogP contribution in [-0.2, 0) is 15.0 Å². The maximum absolute atomic E-state index is 13.0. The first kappa shape index (κ1) is 13.9. The zero-order valence-electron chi connectivity index (χ0n) is 9.42. The third-order valence-electron chi connectivity index (χ3n) is 2.17. The highest BCUT2D eigenvalue weighted by Gasteiger charge is 2.22. The lowest BCUT2D eigenvalue weighted by Gasteiger charge is -2.08. The summed E-state index contributed by atoms with van der Waals surface area (Å²) in [4.78, 5) is 13.1. The van der Waals surface area contributed by atoms with Crippen LogP contribution in [-0.4, -0.2) is 21.5 Å². The van der Waals surface area contributed by atoms with Crippen LogP contribution >= 0.6 is 0 Å². The molecular formula is C9H8FN3O4S. The minimum absolute atomic E-state index is 0.110. The molecular weight excluding hydrogens is 265 g/mol. The molecule has 0 radical (unpaired) electrons. The van der Waals surface area contributed by atoms with E-state index in [1.165, 1.54) is 6.92 Å². The van der Waals surface area contributed by atoms with Crippen molar-refractivity contribution in [3.63, 3.8) is 0 Å². The van der Waals surface area contributed by atoms with Crippen LogP contribution in [0.4, 0.5) is 9.57 Å². The van der Waals surface area contributed by atoms with Gasteiger partial charge in [-0.1, -0.05) is 5.11 Å². The van der Waals surface area contributed by atoms with Gasteiger partial charge in [0.25, 0.3) is 0 Å². The van der Waals surface area contributed by atoms with Crippen molar-refractivity contribution >= 4 is 21.9 Å². The third kappa shape index (κ3) is 2.76. The second-order valence-corrected chi connectivity index (χ2v) is 4.55. The van der Waals surface area contributed by atoms with Gasteiger partial charge in [-0.2, -0.15) is 8.42 Å². The number of azide groups is 1. The maximum atomic E-state index is 13.0. The topological polar surface area (TPSA) is 109 Å². The predicted molar refractivity (Wildman–Crippen MR) is 59.6 cm³/mol. The summed E-state index contributed by atoms with van der Waals surface area (Å²) >= 11 is 0. The number of benzene rings is 1. The first-order chi connectivity index (χ1) is 8.31. The van der Waals surface area contributed by atoms with Crippen molar-refractivity contribution in [3.05, 3.63) is 33.7 Å². The van der Waals surface area contributed by atoms with E-state index in [-0.39, 0.29) is 16.8 Å². The summed E-state index contributed by atoms with van der Waals surface area (Å²) in [5.74, 6) is -0.854. The summed E-state index contributed by atoms with van der Waals surface area (Å²) in [6, 6.07) is 1.96.